The van der Waals surface area contributed by atoms with E-state index in [4.69, 9.17) is 0 Å². The smallest absolute Gasteiger partial charge is 0.254 e. The molecule has 0 spiro atoms. The van der Waals surface area contributed by atoms with Gasteiger partial charge in [-0.25, -0.2) is 4.39 Å². The molecule has 1 amide bonds. The summed E-state index contributed by atoms with van der Waals surface area (Å²) in [6.45, 7) is 4.56. The second kappa shape index (κ2) is 5.90. The number of nitrogens with one attached hydrogen (secondary N) is 1. The van der Waals surface area contributed by atoms with E-state index in [0.717, 1.165) is 30.6 Å². The van der Waals surface area contributed by atoms with Crippen LogP contribution >= 0.6 is 0 Å². The summed E-state index contributed by atoms with van der Waals surface area (Å²) in [5, 5.41) is 3.31. The Kier molecular flexibility index (Phi) is 3.88. The SMILES string of the molecule is CC1C2CCCCC2CN1C(=O)c1cc(F)cc2c1CNCC2. The van der Waals surface area contributed by atoms with Crippen LogP contribution in [-0.4, -0.2) is 29.9 Å². The molecule has 2 aliphatic heterocycles. The van der Waals surface area contributed by atoms with Crippen molar-refractivity contribution in [2.45, 2.75) is 51.6 Å². The first kappa shape index (κ1) is 15.1. The molecule has 1 saturated heterocycles. The van der Waals surface area contributed by atoms with Crippen LogP contribution in [0.25, 0.3) is 0 Å². The van der Waals surface area contributed by atoms with Crippen LogP contribution < -0.4 is 5.32 Å². The summed E-state index contributed by atoms with van der Waals surface area (Å²) in [5.74, 6) is 1.03. The molecule has 2 heterocycles. The zero-order chi connectivity index (χ0) is 16.0. The summed E-state index contributed by atoms with van der Waals surface area (Å²) in [5.41, 5.74) is 2.58. The third-order valence-corrected chi connectivity index (χ3v) is 6.18. The largest absolute Gasteiger partial charge is 0.335 e. The Morgan fingerprint density at radius 3 is 2.96 bits per heavy atom. The molecule has 3 aliphatic rings. The van der Waals surface area contributed by atoms with Crippen LogP contribution in [0.5, 0.6) is 0 Å². The molecule has 3 nitrogen and oxygen atoms in total. The monoisotopic (exact) mass is 316 g/mol. The molecule has 1 N–H and O–H groups in total. The molecule has 3 atom stereocenters. The van der Waals surface area contributed by atoms with E-state index in [0.29, 0.717) is 23.9 Å². The summed E-state index contributed by atoms with van der Waals surface area (Å²) < 4.78 is 14.0. The average Bonchev–Trinajstić information content (AvgIpc) is 2.91. The van der Waals surface area contributed by atoms with E-state index < -0.39 is 0 Å². The minimum Gasteiger partial charge on any atom is -0.335 e. The maximum Gasteiger partial charge on any atom is 0.254 e. The van der Waals surface area contributed by atoms with Crippen molar-refractivity contribution in [2.24, 2.45) is 11.8 Å². The van der Waals surface area contributed by atoms with Gasteiger partial charge in [-0.2, -0.15) is 0 Å². The number of hydrogen-bond donors (Lipinski definition) is 1. The second-order valence-electron chi connectivity index (χ2n) is 7.42. The van der Waals surface area contributed by atoms with Gasteiger partial charge in [-0.1, -0.05) is 12.8 Å². The van der Waals surface area contributed by atoms with E-state index in [2.05, 4.69) is 12.2 Å². The molecule has 4 rings (SSSR count). The van der Waals surface area contributed by atoms with Gasteiger partial charge in [0.05, 0.1) is 0 Å². The van der Waals surface area contributed by atoms with E-state index in [-0.39, 0.29) is 17.8 Å². The van der Waals surface area contributed by atoms with E-state index in [9.17, 15) is 9.18 Å². The molecule has 2 fully saturated rings. The first-order chi connectivity index (χ1) is 11.1. The lowest BCUT2D eigenvalue weighted by atomic mass is 9.79. The van der Waals surface area contributed by atoms with Crippen LogP contribution in [-0.2, 0) is 13.0 Å². The van der Waals surface area contributed by atoms with E-state index in [1.54, 1.807) is 6.07 Å². The molecule has 0 aromatic heterocycles. The molecule has 124 valence electrons. The van der Waals surface area contributed by atoms with Gasteiger partial charge in [0, 0.05) is 24.7 Å². The molecule has 1 aromatic carbocycles. The lowest BCUT2D eigenvalue weighted by Gasteiger charge is -2.28. The van der Waals surface area contributed by atoms with Gasteiger partial charge < -0.3 is 10.2 Å². The standard InChI is InChI=1S/C19H25FN2O/c1-12-16-5-3-2-4-14(16)11-22(12)19(23)17-9-15(20)8-13-6-7-21-10-18(13)17/h8-9,12,14,16,21H,2-7,10-11H2,1H3. The number of amides is 1. The molecule has 4 heteroatoms. The Bertz CT molecular complexity index is 630. The van der Waals surface area contributed by atoms with Gasteiger partial charge in [0.15, 0.2) is 0 Å². The minimum atomic E-state index is -0.279. The van der Waals surface area contributed by atoms with Crippen LogP contribution in [0.3, 0.4) is 0 Å². The van der Waals surface area contributed by atoms with Gasteiger partial charge in [0.25, 0.3) is 5.91 Å². The fourth-order valence-corrected chi connectivity index (χ4v) is 4.92. The third kappa shape index (κ3) is 2.57. The molecule has 3 unspecified atom stereocenters. The number of likely N-dealkylation sites (tertiary alicyclic amines) is 1. The highest BCUT2D eigenvalue weighted by atomic mass is 19.1. The topological polar surface area (TPSA) is 32.3 Å². The number of rotatable bonds is 1. The van der Waals surface area contributed by atoms with Crippen molar-refractivity contribution in [3.8, 4) is 0 Å². The highest BCUT2D eigenvalue weighted by Crippen LogP contribution is 2.41. The van der Waals surface area contributed by atoms with Crippen molar-refractivity contribution in [3.05, 3.63) is 34.6 Å². The van der Waals surface area contributed by atoms with Gasteiger partial charge >= 0.3 is 0 Å². The van der Waals surface area contributed by atoms with Crippen LogP contribution in [0.2, 0.25) is 0 Å². The molecule has 1 aliphatic carbocycles. The van der Waals surface area contributed by atoms with E-state index >= 15 is 0 Å². The van der Waals surface area contributed by atoms with Crippen LogP contribution in [0.1, 0.15) is 54.1 Å². The van der Waals surface area contributed by atoms with Crippen LogP contribution in [0.4, 0.5) is 4.39 Å². The molecule has 0 bridgehead atoms. The predicted molar refractivity (Wildman–Crippen MR) is 87.8 cm³/mol. The van der Waals surface area contributed by atoms with Crippen LogP contribution in [0, 0.1) is 17.7 Å². The summed E-state index contributed by atoms with van der Waals surface area (Å²) >= 11 is 0. The fourth-order valence-electron chi connectivity index (χ4n) is 4.92. The highest BCUT2D eigenvalue weighted by molar-refractivity contribution is 5.96. The zero-order valence-corrected chi connectivity index (χ0v) is 13.8. The Balaban J connectivity index is 1.66. The van der Waals surface area contributed by atoms with E-state index in [1.807, 2.05) is 4.90 Å². The second-order valence-corrected chi connectivity index (χ2v) is 7.42. The molecular weight excluding hydrogens is 291 g/mol. The number of fused-ring (bicyclic) bond motifs is 2. The Morgan fingerprint density at radius 1 is 1.30 bits per heavy atom. The van der Waals surface area contributed by atoms with Gasteiger partial charge in [0.1, 0.15) is 5.82 Å². The van der Waals surface area contributed by atoms with Gasteiger partial charge in [0.2, 0.25) is 0 Å². The molecular formula is C19H25FN2O. The van der Waals surface area contributed by atoms with Crippen molar-refractivity contribution in [3.63, 3.8) is 0 Å². The number of benzene rings is 1. The maximum absolute atomic E-state index is 14.0. The first-order valence-electron chi connectivity index (χ1n) is 8.98. The summed E-state index contributed by atoms with van der Waals surface area (Å²) in [6, 6.07) is 3.33. The maximum atomic E-state index is 14.0. The minimum absolute atomic E-state index is 0.0337. The Hall–Kier alpha value is -1.42. The quantitative estimate of drug-likeness (QED) is 0.863. The van der Waals surface area contributed by atoms with Crippen molar-refractivity contribution < 1.29 is 9.18 Å². The number of carbonyl (C=O) groups is 1. The normalized spacial score (nSPS) is 30.0. The zero-order valence-electron chi connectivity index (χ0n) is 13.8. The summed E-state index contributed by atoms with van der Waals surface area (Å²) in [4.78, 5) is 15.2. The van der Waals surface area contributed by atoms with Crippen molar-refractivity contribution in [1.82, 2.24) is 10.2 Å². The van der Waals surface area contributed by atoms with Crippen molar-refractivity contribution in [1.29, 1.82) is 0 Å². The number of hydrogen-bond acceptors (Lipinski definition) is 2. The number of carbonyl (C=O) groups excluding carboxylic acids is 1. The number of nitrogens with zero attached hydrogens (tertiary/aromatic N) is 1. The first-order valence-corrected chi connectivity index (χ1v) is 8.98. The van der Waals surface area contributed by atoms with E-state index in [1.165, 1.54) is 31.7 Å². The lowest BCUT2D eigenvalue weighted by Crippen LogP contribution is -2.37. The van der Waals surface area contributed by atoms with Crippen molar-refractivity contribution >= 4 is 5.91 Å². The fraction of sp³-hybridized carbons (Fsp3) is 0.632. The van der Waals surface area contributed by atoms with Crippen molar-refractivity contribution in [2.75, 3.05) is 13.1 Å². The predicted octanol–water partition coefficient (Wildman–Crippen LogP) is 3.12. The summed E-state index contributed by atoms with van der Waals surface area (Å²) in [7, 11) is 0. The molecule has 0 radical (unpaired) electrons. The Morgan fingerprint density at radius 2 is 2.13 bits per heavy atom. The molecule has 1 aromatic rings. The molecule has 23 heavy (non-hydrogen) atoms. The molecule has 1 saturated carbocycles. The summed E-state index contributed by atoms with van der Waals surface area (Å²) in [6.07, 6.45) is 5.84. The van der Waals surface area contributed by atoms with Gasteiger partial charge in [-0.3, -0.25) is 4.79 Å². The average molecular weight is 316 g/mol. The lowest BCUT2D eigenvalue weighted by molar-refractivity contribution is 0.0728. The third-order valence-electron chi connectivity index (χ3n) is 6.18. The van der Waals surface area contributed by atoms with Gasteiger partial charge in [-0.05, 0) is 67.8 Å². The highest BCUT2D eigenvalue weighted by Gasteiger charge is 2.42. The van der Waals surface area contributed by atoms with Crippen LogP contribution in [0.15, 0.2) is 12.1 Å². The number of halogens is 1. The Labute approximate surface area is 137 Å². The van der Waals surface area contributed by atoms with Gasteiger partial charge in [-0.15, -0.1) is 0 Å².